The van der Waals surface area contributed by atoms with Crippen molar-refractivity contribution < 1.29 is 14.3 Å². The van der Waals surface area contributed by atoms with Gasteiger partial charge in [-0.1, -0.05) is 12.1 Å². The molecule has 1 aromatic carbocycles. The zero-order valence-electron chi connectivity index (χ0n) is 15.2. The van der Waals surface area contributed by atoms with Gasteiger partial charge in [0.25, 0.3) is 5.91 Å². The third-order valence-electron chi connectivity index (χ3n) is 4.66. The summed E-state index contributed by atoms with van der Waals surface area (Å²) in [5.41, 5.74) is 2.00. The summed E-state index contributed by atoms with van der Waals surface area (Å²) in [6.07, 6.45) is 3.46. The van der Waals surface area contributed by atoms with Gasteiger partial charge < -0.3 is 14.4 Å². The van der Waals surface area contributed by atoms with Gasteiger partial charge in [0, 0.05) is 59.6 Å². The molecule has 0 aromatic heterocycles. The Morgan fingerprint density at radius 3 is 2.46 bits per heavy atom. The van der Waals surface area contributed by atoms with Gasteiger partial charge in [-0.25, -0.2) is 0 Å². The summed E-state index contributed by atoms with van der Waals surface area (Å²) in [5, 5.41) is 0. The Labute approximate surface area is 145 Å². The van der Waals surface area contributed by atoms with Crippen LogP contribution in [0, 0.1) is 0 Å². The molecule has 1 amide bonds. The molecular weight excluding hydrogens is 304 g/mol. The van der Waals surface area contributed by atoms with E-state index in [-0.39, 0.29) is 5.91 Å². The zero-order chi connectivity index (χ0) is 17.4. The lowest BCUT2D eigenvalue weighted by atomic mass is 10.1. The molecule has 0 N–H and O–H groups in total. The predicted molar refractivity (Wildman–Crippen MR) is 95.2 cm³/mol. The molecule has 1 aromatic rings. The fourth-order valence-corrected chi connectivity index (χ4v) is 3.08. The number of nitrogens with zero attached hydrogens (tertiary/aromatic N) is 2. The minimum Gasteiger partial charge on any atom is -0.385 e. The first-order valence-electron chi connectivity index (χ1n) is 8.72. The Morgan fingerprint density at radius 1 is 1.21 bits per heavy atom. The quantitative estimate of drug-likeness (QED) is 0.685. The number of carbonyl (C=O) groups is 1. The predicted octanol–water partition coefficient (Wildman–Crippen LogP) is 2.41. The molecule has 0 aliphatic carbocycles. The highest BCUT2D eigenvalue weighted by atomic mass is 16.5. The summed E-state index contributed by atoms with van der Waals surface area (Å²) in [5.74, 6) is 0.0681. The average Bonchev–Trinajstić information content (AvgIpc) is 2.62. The number of carbonyl (C=O) groups excluding carboxylic acids is 1. The number of likely N-dealkylation sites (tertiary alicyclic amines) is 1. The van der Waals surface area contributed by atoms with E-state index in [4.69, 9.17) is 9.47 Å². The van der Waals surface area contributed by atoms with Crippen molar-refractivity contribution in [2.75, 3.05) is 47.5 Å². The van der Waals surface area contributed by atoms with E-state index in [1.165, 1.54) is 5.56 Å². The Morgan fingerprint density at radius 2 is 1.88 bits per heavy atom. The van der Waals surface area contributed by atoms with Gasteiger partial charge in [0.05, 0.1) is 6.10 Å². The topological polar surface area (TPSA) is 42.0 Å². The monoisotopic (exact) mass is 334 g/mol. The molecule has 0 spiro atoms. The molecule has 0 bridgehead atoms. The van der Waals surface area contributed by atoms with E-state index >= 15 is 0 Å². The molecule has 134 valence electrons. The maximum absolute atomic E-state index is 12.4. The van der Waals surface area contributed by atoms with Crippen LogP contribution >= 0.6 is 0 Å². The Bertz CT molecular complexity index is 496. The van der Waals surface area contributed by atoms with Crippen molar-refractivity contribution in [3.05, 3.63) is 35.4 Å². The number of methoxy groups -OCH3 is 2. The van der Waals surface area contributed by atoms with E-state index in [0.717, 1.165) is 44.5 Å². The summed E-state index contributed by atoms with van der Waals surface area (Å²) < 4.78 is 10.4. The third-order valence-corrected chi connectivity index (χ3v) is 4.66. The van der Waals surface area contributed by atoms with E-state index in [1.807, 2.05) is 19.2 Å². The van der Waals surface area contributed by atoms with Crippen molar-refractivity contribution in [1.29, 1.82) is 0 Å². The normalized spacial score (nSPS) is 16.3. The van der Waals surface area contributed by atoms with Crippen LogP contribution in [0.3, 0.4) is 0 Å². The SMILES string of the molecule is COCCCN(C)C(=O)c1ccc(CN2CCC(OC)CC2)cc1. The molecule has 0 atom stereocenters. The zero-order valence-corrected chi connectivity index (χ0v) is 15.2. The van der Waals surface area contributed by atoms with Crippen LogP contribution in [0.4, 0.5) is 0 Å². The molecule has 0 saturated carbocycles. The number of hydrogen-bond donors (Lipinski definition) is 0. The van der Waals surface area contributed by atoms with E-state index in [2.05, 4.69) is 17.0 Å². The number of rotatable bonds is 8. The highest BCUT2D eigenvalue weighted by Gasteiger charge is 2.18. The summed E-state index contributed by atoms with van der Waals surface area (Å²) >= 11 is 0. The first-order chi connectivity index (χ1) is 11.6. The lowest BCUT2D eigenvalue weighted by molar-refractivity contribution is 0.0388. The van der Waals surface area contributed by atoms with E-state index in [0.29, 0.717) is 19.3 Å². The maximum atomic E-state index is 12.4. The van der Waals surface area contributed by atoms with E-state index in [1.54, 1.807) is 19.1 Å². The van der Waals surface area contributed by atoms with Gasteiger partial charge in [0.15, 0.2) is 0 Å². The fourth-order valence-electron chi connectivity index (χ4n) is 3.08. The van der Waals surface area contributed by atoms with Gasteiger partial charge in [-0.2, -0.15) is 0 Å². The minimum absolute atomic E-state index is 0.0681. The molecule has 1 aliphatic heterocycles. The van der Waals surface area contributed by atoms with Crippen molar-refractivity contribution in [3.8, 4) is 0 Å². The number of amides is 1. The van der Waals surface area contributed by atoms with Crippen LogP contribution in [0.5, 0.6) is 0 Å². The van der Waals surface area contributed by atoms with Crippen LogP contribution in [0.2, 0.25) is 0 Å². The van der Waals surface area contributed by atoms with Gasteiger partial charge in [0.2, 0.25) is 0 Å². The number of ether oxygens (including phenoxy) is 2. The molecule has 24 heavy (non-hydrogen) atoms. The smallest absolute Gasteiger partial charge is 0.253 e. The summed E-state index contributed by atoms with van der Waals surface area (Å²) in [7, 11) is 5.31. The van der Waals surface area contributed by atoms with E-state index < -0.39 is 0 Å². The van der Waals surface area contributed by atoms with E-state index in [9.17, 15) is 4.79 Å². The molecule has 5 nitrogen and oxygen atoms in total. The molecule has 2 rings (SSSR count). The van der Waals surface area contributed by atoms with Crippen LogP contribution < -0.4 is 0 Å². The molecule has 0 unspecified atom stereocenters. The molecule has 1 fully saturated rings. The standard InChI is InChI=1S/C19H30N2O3/c1-20(11-4-14-23-2)19(22)17-7-5-16(6-8-17)15-21-12-9-18(24-3)10-13-21/h5-8,18H,4,9-15H2,1-3H3. The van der Waals surface area contributed by atoms with Crippen LogP contribution in [-0.4, -0.2) is 69.3 Å². The molecular formula is C19H30N2O3. The number of benzene rings is 1. The average molecular weight is 334 g/mol. The fraction of sp³-hybridized carbons (Fsp3) is 0.632. The van der Waals surface area contributed by atoms with Crippen molar-refractivity contribution >= 4 is 5.91 Å². The number of hydrogen-bond acceptors (Lipinski definition) is 4. The lowest BCUT2D eigenvalue weighted by Crippen LogP contribution is -2.36. The maximum Gasteiger partial charge on any atom is 0.253 e. The molecule has 0 radical (unpaired) electrons. The lowest BCUT2D eigenvalue weighted by Gasteiger charge is -2.31. The van der Waals surface area contributed by atoms with Gasteiger partial charge in [0.1, 0.15) is 0 Å². The minimum atomic E-state index is 0.0681. The molecule has 1 saturated heterocycles. The Kier molecular flexibility index (Phi) is 7.69. The highest BCUT2D eigenvalue weighted by molar-refractivity contribution is 5.94. The van der Waals surface area contributed by atoms with Crippen molar-refractivity contribution in [1.82, 2.24) is 9.80 Å². The second-order valence-electron chi connectivity index (χ2n) is 6.48. The van der Waals surface area contributed by atoms with Crippen LogP contribution in [0.1, 0.15) is 35.2 Å². The van der Waals surface area contributed by atoms with Crippen molar-refractivity contribution in [3.63, 3.8) is 0 Å². The largest absolute Gasteiger partial charge is 0.385 e. The van der Waals surface area contributed by atoms with Gasteiger partial charge in [-0.05, 0) is 37.0 Å². The Balaban J connectivity index is 1.83. The second-order valence-corrected chi connectivity index (χ2v) is 6.48. The second kappa shape index (κ2) is 9.77. The van der Waals surface area contributed by atoms with Crippen molar-refractivity contribution in [2.45, 2.75) is 31.9 Å². The van der Waals surface area contributed by atoms with Crippen LogP contribution in [0.15, 0.2) is 24.3 Å². The van der Waals surface area contributed by atoms with Gasteiger partial charge in [-0.15, -0.1) is 0 Å². The summed E-state index contributed by atoms with van der Waals surface area (Å²) in [6.45, 7) is 4.47. The van der Waals surface area contributed by atoms with Gasteiger partial charge >= 0.3 is 0 Å². The number of piperidine rings is 1. The van der Waals surface area contributed by atoms with Crippen molar-refractivity contribution in [2.24, 2.45) is 0 Å². The third kappa shape index (κ3) is 5.58. The highest BCUT2D eigenvalue weighted by Crippen LogP contribution is 2.16. The molecule has 1 aliphatic rings. The summed E-state index contributed by atoms with van der Waals surface area (Å²) in [6, 6.07) is 8.01. The first-order valence-corrected chi connectivity index (χ1v) is 8.72. The van der Waals surface area contributed by atoms with Crippen LogP contribution in [0.25, 0.3) is 0 Å². The summed E-state index contributed by atoms with van der Waals surface area (Å²) in [4.78, 5) is 16.6. The molecule has 5 heteroatoms. The Hall–Kier alpha value is -1.43. The van der Waals surface area contributed by atoms with Gasteiger partial charge in [-0.3, -0.25) is 9.69 Å². The van der Waals surface area contributed by atoms with Crippen LogP contribution in [-0.2, 0) is 16.0 Å². The molecule has 1 heterocycles. The first kappa shape index (κ1) is 18.9.